The first-order chi connectivity index (χ1) is 9.96. The molecule has 0 heterocycles. The van der Waals surface area contributed by atoms with Gasteiger partial charge in [-0.15, -0.1) is 11.8 Å². The van der Waals surface area contributed by atoms with Gasteiger partial charge in [-0.1, -0.05) is 6.07 Å². The van der Waals surface area contributed by atoms with Crippen LogP contribution >= 0.6 is 11.8 Å². The minimum atomic E-state index is -3.73. The highest BCUT2D eigenvalue weighted by Gasteiger charge is 2.18. The van der Waals surface area contributed by atoms with Crippen LogP contribution in [0.2, 0.25) is 0 Å². The molecule has 0 aliphatic heterocycles. The molecule has 7 heteroatoms. The van der Waals surface area contributed by atoms with Crippen molar-refractivity contribution < 1.29 is 13.2 Å². The number of rotatable bonds is 5. The molecule has 2 aromatic rings. The van der Waals surface area contributed by atoms with Crippen molar-refractivity contribution in [2.45, 2.75) is 9.79 Å². The van der Waals surface area contributed by atoms with Crippen LogP contribution in [-0.2, 0) is 10.0 Å². The fraction of sp³-hybridized carbons (Fsp3) is 0.143. The van der Waals surface area contributed by atoms with Gasteiger partial charge in [0.2, 0.25) is 0 Å². The predicted octanol–water partition coefficient (Wildman–Crippen LogP) is 2.80. The number of benzene rings is 2. The van der Waals surface area contributed by atoms with Crippen LogP contribution in [0.1, 0.15) is 0 Å². The number of anilines is 2. The van der Waals surface area contributed by atoms with Crippen LogP contribution in [0.5, 0.6) is 5.75 Å². The molecular weight excluding hydrogens is 308 g/mol. The Morgan fingerprint density at radius 1 is 1.19 bits per heavy atom. The third kappa shape index (κ3) is 3.62. The SMILES string of the molecule is COc1ccc(S(=O)(=O)Nc2cccc(SC)c2)c(N)c1. The summed E-state index contributed by atoms with van der Waals surface area (Å²) in [6, 6.07) is 11.6. The topological polar surface area (TPSA) is 81.4 Å². The Morgan fingerprint density at radius 3 is 2.57 bits per heavy atom. The van der Waals surface area contributed by atoms with Crippen LogP contribution in [0.25, 0.3) is 0 Å². The van der Waals surface area contributed by atoms with Crippen molar-refractivity contribution in [3.63, 3.8) is 0 Å². The third-order valence-electron chi connectivity index (χ3n) is 2.83. The lowest BCUT2D eigenvalue weighted by Crippen LogP contribution is -2.14. The summed E-state index contributed by atoms with van der Waals surface area (Å²) in [6.45, 7) is 0. The Morgan fingerprint density at radius 2 is 1.95 bits per heavy atom. The molecule has 0 saturated heterocycles. The molecule has 0 aliphatic carbocycles. The molecule has 0 unspecified atom stereocenters. The van der Waals surface area contributed by atoms with Crippen LogP contribution in [-0.4, -0.2) is 21.8 Å². The van der Waals surface area contributed by atoms with Gasteiger partial charge in [0.25, 0.3) is 10.0 Å². The van der Waals surface area contributed by atoms with E-state index >= 15 is 0 Å². The summed E-state index contributed by atoms with van der Waals surface area (Å²) in [5, 5.41) is 0. The molecular formula is C14H16N2O3S2. The van der Waals surface area contributed by atoms with Gasteiger partial charge in [-0.3, -0.25) is 4.72 Å². The highest BCUT2D eigenvalue weighted by atomic mass is 32.2. The van der Waals surface area contributed by atoms with E-state index in [2.05, 4.69) is 4.72 Å². The first-order valence-electron chi connectivity index (χ1n) is 6.06. The van der Waals surface area contributed by atoms with Gasteiger partial charge in [-0.2, -0.15) is 0 Å². The van der Waals surface area contributed by atoms with Crippen molar-refractivity contribution in [3.8, 4) is 5.75 Å². The van der Waals surface area contributed by atoms with Crippen molar-refractivity contribution in [2.75, 3.05) is 23.8 Å². The number of hydrogen-bond donors (Lipinski definition) is 2. The molecule has 2 aromatic carbocycles. The van der Waals surface area contributed by atoms with E-state index in [1.165, 1.54) is 31.0 Å². The van der Waals surface area contributed by atoms with E-state index in [0.717, 1.165) is 4.90 Å². The number of hydrogen-bond acceptors (Lipinski definition) is 5. The highest BCUT2D eigenvalue weighted by Crippen LogP contribution is 2.26. The normalized spacial score (nSPS) is 11.1. The van der Waals surface area contributed by atoms with E-state index in [1.54, 1.807) is 24.3 Å². The quantitative estimate of drug-likeness (QED) is 0.653. The standard InChI is InChI=1S/C14H16N2O3S2/c1-19-11-6-7-14(13(15)9-11)21(17,18)16-10-4-3-5-12(8-10)20-2/h3-9,16H,15H2,1-2H3. The van der Waals surface area contributed by atoms with Gasteiger partial charge < -0.3 is 10.5 Å². The molecule has 0 amide bonds. The summed E-state index contributed by atoms with van der Waals surface area (Å²) in [7, 11) is -2.24. The molecule has 0 atom stereocenters. The van der Waals surface area contributed by atoms with Crippen molar-refractivity contribution in [1.82, 2.24) is 0 Å². The molecule has 112 valence electrons. The van der Waals surface area contributed by atoms with Gasteiger partial charge in [0.05, 0.1) is 12.8 Å². The van der Waals surface area contributed by atoms with E-state index < -0.39 is 10.0 Å². The molecule has 3 N–H and O–H groups in total. The maximum absolute atomic E-state index is 12.4. The number of sulfonamides is 1. The van der Waals surface area contributed by atoms with Crippen molar-refractivity contribution in [3.05, 3.63) is 42.5 Å². The number of nitrogens with one attached hydrogen (secondary N) is 1. The second-order valence-electron chi connectivity index (χ2n) is 4.24. The summed E-state index contributed by atoms with van der Waals surface area (Å²) in [6.07, 6.45) is 1.93. The fourth-order valence-corrected chi connectivity index (χ4v) is 3.42. The Kier molecular flexibility index (Phi) is 4.64. The van der Waals surface area contributed by atoms with Crippen LogP contribution in [0.4, 0.5) is 11.4 Å². The highest BCUT2D eigenvalue weighted by molar-refractivity contribution is 7.98. The first kappa shape index (κ1) is 15.5. The summed E-state index contributed by atoms with van der Waals surface area (Å²) >= 11 is 1.54. The minimum Gasteiger partial charge on any atom is -0.497 e. The van der Waals surface area contributed by atoms with Gasteiger partial charge in [0, 0.05) is 16.6 Å². The molecule has 0 saturated carbocycles. The maximum Gasteiger partial charge on any atom is 0.263 e. The number of nitrogens with two attached hydrogens (primary N) is 1. The lowest BCUT2D eigenvalue weighted by atomic mass is 10.3. The van der Waals surface area contributed by atoms with Gasteiger partial charge in [-0.05, 0) is 36.6 Å². The smallest absolute Gasteiger partial charge is 0.263 e. The molecule has 2 rings (SSSR count). The predicted molar refractivity (Wildman–Crippen MR) is 86.4 cm³/mol. The summed E-state index contributed by atoms with van der Waals surface area (Å²) in [4.78, 5) is 0.996. The Bertz CT molecular complexity index is 746. The van der Waals surface area contributed by atoms with Gasteiger partial charge >= 0.3 is 0 Å². The zero-order chi connectivity index (χ0) is 15.5. The lowest BCUT2D eigenvalue weighted by Gasteiger charge is -2.11. The summed E-state index contributed by atoms with van der Waals surface area (Å²) in [5.74, 6) is 0.510. The first-order valence-corrected chi connectivity index (χ1v) is 8.77. The van der Waals surface area contributed by atoms with Gasteiger partial charge in [0.1, 0.15) is 10.6 Å². The molecule has 0 bridgehead atoms. The van der Waals surface area contributed by atoms with E-state index in [1.807, 2.05) is 12.3 Å². The average Bonchev–Trinajstić information content (AvgIpc) is 2.46. The Balaban J connectivity index is 2.33. The van der Waals surface area contributed by atoms with Crippen molar-refractivity contribution >= 4 is 33.2 Å². The Labute approximate surface area is 128 Å². The number of methoxy groups -OCH3 is 1. The molecule has 0 spiro atoms. The van der Waals surface area contributed by atoms with Crippen molar-refractivity contribution in [1.29, 1.82) is 0 Å². The molecule has 0 aliphatic rings. The summed E-state index contributed by atoms with van der Waals surface area (Å²) < 4.78 is 32.3. The lowest BCUT2D eigenvalue weighted by molar-refractivity contribution is 0.414. The zero-order valence-corrected chi connectivity index (χ0v) is 13.3. The van der Waals surface area contributed by atoms with Gasteiger partial charge in [0.15, 0.2) is 0 Å². The maximum atomic E-state index is 12.4. The van der Waals surface area contributed by atoms with E-state index in [-0.39, 0.29) is 10.6 Å². The van der Waals surface area contributed by atoms with Crippen molar-refractivity contribution in [2.24, 2.45) is 0 Å². The van der Waals surface area contributed by atoms with E-state index in [9.17, 15) is 8.42 Å². The molecule has 0 aromatic heterocycles. The van der Waals surface area contributed by atoms with E-state index in [0.29, 0.717) is 11.4 Å². The second kappa shape index (κ2) is 6.28. The van der Waals surface area contributed by atoms with Crippen LogP contribution in [0, 0.1) is 0 Å². The molecule has 5 nitrogen and oxygen atoms in total. The number of thioether (sulfide) groups is 1. The van der Waals surface area contributed by atoms with Crippen LogP contribution in [0.15, 0.2) is 52.3 Å². The Hall–Kier alpha value is -1.86. The van der Waals surface area contributed by atoms with E-state index in [4.69, 9.17) is 10.5 Å². The van der Waals surface area contributed by atoms with Crippen LogP contribution in [0.3, 0.4) is 0 Å². The minimum absolute atomic E-state index is 0.0258. The molecule has 0 radical (unpaired) electrons. The fourth-order valence-electron chi connectivity index (χ4n) is 1.79. The number of nitrogen functional groups attached to an aromatic ring is 1. The van der Waals surface area contributed by atoms with Crippen LogP contribution < -0.4 is 15.2 Å². The zero-order valence-electron chi connectivity index (χ0n) is 11.7. The second-order valence-corrected chi connectivity index (χ2v) is 6.77. The molecule has 0 fully saturated rings. The summed E-state index contributed by atoms with van der Waals surface area (Å²) in [5.41, 5.74) is 6.43. The average molecular weight is 324 g/mol. The molecule has 21 heavy (non-hydrogen) atoms. The van der Waals surface area contributed by atoms with Gasteiger partial charge in [-0.25, -0.2) is 8.42 Å². The largest absolute Gasteiger partial charge is 0.497 e. The number of ether oxygens (including phenoxy) is 1. The third-order valence-corrected chi connectivity index (χ3v) is 5.01. The monoisotopic (exact) mass is 324 g/mol.